The molecule has 1 aliphatic rings. The lowest BCUT2D eigenvalue weighted by molar-refractivity contribution is 0.326. The Morgan fingerprint density at radius 3 is 2.50 bits per heavy atom. The van der Waals surface area contributed by atoms with Gasteiger partial charge in [0.1, 0.15) is 0 Å². The van der Waals surface area contributed by atoms with Gasteiger partial charge in [-0.05, 0) is 39.5 Å². The van der Waals surface area contributed by atoms with Crippen LogP contribution in [0, 0.1) is 5.92 Å². The lowest BCUT2D eigenvalue weighted by atomic mass is 9.86. The summed E-state index contributed by atoms with van der Waals surface area (Å²) in [5.74, 6) is 1.84. The second-order valence-corrected chi connectivity index (χ2v) is 7.94. The molecule has 4 nitrogen and oxygen atoms in total. The average Bonchev–Trinajstić information content (AvgIpc) is 2.13. The third-order valence-electron chi connectivity index (χ3n) is 3.02. The van der Waals surface area contributed by atoms with Crippen LogP contribution in [0.2, 0.25) is 0 Å². The first-order chi connectivity index (χ1) is 7.89. The zero-order valence-corrected chi connectivity index (χ0v) is 14.7. The van der Waals surface area contributed by atoms with Crippen molar-refractivity contribution in [3.63, 3.8) is 0 Å². The molecule has 18 heavy (non-hydrogen) atoms. The second-order valence-electron chi connectivity index (χ2n) is 5.61. The minimum atomic E-state index is -0.830. The van der Waals surface area contributed by atoms with Crippen molar-refractivity contribution in [3.8, 4) is 0 Å². The maximum absolute atomic E-state index is 11.8. The van der Waals surface area contributed by atoms with Gasteiger partial charge in [-0.1, -0.05) is 6.42 Å². The molecule has 0 bridgehead atoms. The van der Waals surface area contributed by atoms with Gasteiger partial charge in [0.25, 0.3) is 0 Å². The molecule has 0 spiro atoms. The molecule has 1 rings (SSSR count). The van der Waals surface area contributed by atoms with Crippen LogP contribution in [0.1, 0.15) is 40.0 Å². The van der Waals surface area contributed by atoms with Crippen molar-refractivity contribution in [1.82, 2.24) is 5.32 Å². The molecule has 0 heterocycles. The largest absolute Gasteiger partial charge is 0.370 e. The van der Waals surface area contributed by atoms with Crippen LogP contribution >= 0.6 is 24.0 Å². The van der Waals surface area contributed by atoms with Crippen LogP contribution in [-0.4, -0.2) is 33.8 Å². The molecule has 1 aliphatic carbocycles. The van der Waals surface area contributed by atoms with Crippen molar-refractivity contribution in [2.75, 3.05) is 18.8 Å². The number of aliphatic imine (C=N–C) groups is 1. The van der Waals surface area contributed by atoms with Crippen LogP contribution in [0.15, 0.2) is 4.99 Å². The van der Waals surface area contributed by atoms with Gasteiger partial charge in [0.15, 0.2) is 5.96 Å². The van der Waals surface area contributed by atoms with Gasteiger partial charge in [-0.3, -0.25) is 9.20 Å². The van der Waals surface area contributed by atoms with Crippen LogP contribution in [0.4, 0.5) is 0 Å². The Bertz CT molecular complexity index is 298. The summed E-state index contributed by atoms with van der Waals surface area (Å²) in [4.78, 5) is 4.29. The van der Waals surface area contributed by atoms with E-state index in [2.05, 4.69) is 10.3 Å². The Kier molecular flexibility index (Phi) is 8.42. The number of nitrogens with zero attached hydrogens (tertiary/aromatic N) is 1. The highest BCUT2D eigenvalue weighted by atomic mass is 127. The molecule has 1 atom stereocenters. The fourth-order valence-electron chi connectivity index (χ4n) is 1.54. The third-order valence-corrected chi connectivity index (χ3v) is 4.96. The molecule has 0 aromatic rings. The lowest BCUT2D eigenvalue weighted by Crippen LogP contribution is -2.37. The fourth-order valence-corrected chi connectivity index (χ4v) is 2.44. The lowest BCUT2D eigenvalue weighted by Gasteiger charge is -2.23. The molecular weight excluding hydrogens is 361 g/mol. The van der Waals surface area contributed by atoms with Gasteiger partial charge in [-0.15, -0.1) is 24.0 Å². The summed E-state index contributed by atoms with van der Waals surface area (Å²) in [6.07, 6.45) is 3.90. The number of nitrogens with two attached hydrogens (primary N) is 1. The summed E-state index contributed by atoms with van der Waals surface area (Å²) in [6.45, 7) is 7.41. The van der Waals surface area contributed by atoms with Gasteiger partial charge in [0, 0.05) is 34.4 Å². The van der Waals surface area contributed by atoms with Crippen molar-refractivity contribution >= 4 is 40.7 Å². The third kappa shape index (κ3) is 6.92. The van der Waals surface area contributed by atoms with Crippen LogP contribution in [-0.2, 0) is 10.8 Å². The van der Waals surface area contributed by atoms with E-state index in [-0.39, 0.29) is 28.7 Å². The van der Waals surface area contributed by atoms with E-state index < -0.39 is 10.8 Å². The average molecular weight is 387 g/mol. The first-order valence-corrected chi connectivity index (χ1v) is 7.64. The summed E-state index contributed by atoms with van der Waals surface area (Å²) in [7, 11) is -0.830. The van der Waals surface area contributed by atoms with Crippen LogP contribution in [0.5, 0.6) is 0 Å². The molecule has 0 aliphatic heterocycles. The van der Waals surface area contributed by atoms with E-state index in [1.165, 1.54) is 19.3 Å². The monoisotopic (exact) mass is 387 g/mol. The maximum Gasteiger partial charge on any atom is 0.188 e. The first-order valence-electron chi connectivity index (χ1n) is 6.32. The molecule has 0 saturated heterocycles. The molecule has 108 valence electrons. The minimum absolute atomic E-state index is 0. The highest BCUT2D eigenvalue weighted by molar-refractivity contribution is 14.0. The molecule has 0 amide bonds. The highest BCUT2D eigenvalue weighted by Crippen LogP contribution is 2.26. The maximum atomic E-state index is 11.8. The van der Waals surface area contributed by atoms with E-state index in [0.717, 1.165) is 12.5 Å². The SMILES string of the molecule is CC(C)(C)S(=O)CCNC(N)=NCC1CCC1.I. The molecule has 6 heteroatoms. The van der Waals surface area contributed by atoms with E-state index in [0.29, 0.717) is 18.3 Å². The van der Waals surface area contributed by atoms with E-state index in [9.17, 15) is 4.21 Å². The first kappa shape index (κ1) is 18.1. The van der Waals surface area contributed by atoms with Gasteiger partial charge >= 0.3 is 0 Å². The second kappa shape index (κ2) is 8.35. The van der Waals surface area contributed by atoms with Gasteiger partial charge in [0.05, 0.1) is 0 Å². The number of guanidine groups is 1. The summed E-state index contributed by atoms with van der Waals surface area (Å²) in [5.41, 5.74) is 5.74. The van der Waals surface area contributed by atoms with E-state index >= 15 is 0 Å². The Balaban J connectivity index is 0.00000289. The van der Waals surface area contributed by atoms with E-state index in [4.69, 9.17) is 5.73 Å². The molecule has 0 aromatic carbocycles. The van der Waals surface area contributed by atoms with Gasteiger partial charge in [-0.2, -0.15) is 0 Å². The molecule has 1 unspecified atom stereocenters. The summed E-state index contributed by atoms with van der Waals surface area (Å²) in [5, 5.41) is 3.02. The molecule has 3 N–H and O–H groups in total. The topological polar surface area (TPSA) is 67.5 Å². The Morgan fingerprint density at radius 1 is 1.44 bits per heavy atom. The van der Waals surface area contributed by atoms with Gasteiger partial charge < -0.3 is 11.1 Å². The predicted molar refractivity (Wildman–Crippen MR) is 90.0 cm³/mol. The number of halogens is 1. The number of nitrogens with one attached hydrogen (secondary N) is 1. The fraction of sp³-hybridized carbons (Fsp3) is 0.917. The zero-order valence-electron chi connectivity index (χ0n) is 11.6. The highest BCUT2D eigenvalue weighted by Gasteiger charge is 2.19. The van der Waals surface area contributed by atoms with E-state index in [1.807, 2.05) is 20.8 Å². The number of hydrogen-bond donors (Lipinski definition) is 2. The molecule has 1 fully saturated rings. The number of hydrogen-bond acceptors (Lipinski definition) is 2. The quantitative estimate of drug-likeness (QED) is 0.430. The summed E-state index contributed by atoms with van der Waals surface area (Å²) >= 11 is 0. The minimum Gasteiger partial charge on any atom is -0.370 e. The van der Waals surface area contributed by atoms with Crippen LogP contribution < -0.4 is 11.1 Å². The Hall–Kier alpha value is 0.150. The Labute approximate surface area is 130 Å². The van der Waals surface area contributed by atoms with Gasteiger partial charge in [-0.25, -0.2) is 0 Å². The molecule has 0 aromatic heterocycles. The molecule has 1 saturated carbocycles. The predicted octanol–water partition coefficient (Wildman–Crippen LogP) is 1.86. The summed E-state index contributed by atoms with van der Waals surface area (Å²) < 4.78 is 11.6. The van der Waals surface area contributed by atoms with Crippen molar-refractivity contribution in [3.05, 3.63) is 0 Å². The zero-order chi connectivity index (χ0) is 12.9. The van der Waals surface area contributed by atoms with E-state index in [1.54, 1.807) is 0 Å². The van der Waals surface area contributed by atoms with Crippen molar-refractivity contribution in [1.29, 1.82) is 0 Å². The standard InChI is InChI=1S/C12H25N3OS.HI/c1-12(2,3)17(16)8-7-14-11(13)15-9-10-5-4-6-10;/h10H,4-9H2,1-3H3,(H3,13,14,15);1H. The molecule has 0 radical (unpaired) electrons. The Morgan fingerprint density at radius 2 is 2.06 bits per heavy atom. The van der Waals surface area contributed by atoms with Crippen LogP contribution in [0.25, 0.3) is 0 Å². The smallest absolute Gasteiger partial charge is 0.188 e. The summed E-state index contributed by atoms with van der Waals surface area (Å²) in [6, 6.07) is 0. The van der Waals surface area contributed by atoms with Crippen molar-refractivity contribution in [2.45, 2.75) is 44.8 Å². The molecular formula is C12H26IN3OS. The van der Waals surface area contributed by atoms with Gasteiger partial charge in [0.2, 0.25) is 0 Å². The number of rotatable bonds is 5. The van der Waals surface area contributed by atoms with Crippen LogP contribution in [0.3, 0.4) is 0 Å². The van der Waals surface area contributed by atoms with Crippen molar-refractivity contribution in [2.24, 2.45) is 16.6 Å². The van der Waals surface area contributed by atoms with Crippen molar-refractivity contribution < 1.29 is 4.21 Å². The normalized spacial score (nSPS) is 18.7.